The van der Waals surface area contributed by atoms with E-state index in [0.29, 0.717) is 12.4 Å². The smallest absolute Gasteiger partial charge is 0.283 e. The molecule has 2 aromatic rings. The summed E-state index contributed by atoms with van der Waals surface area (Å²) in [6, 6.07) is 12.5. The third kappa shape index (κ3) is 4.88. The molecule has 0 saturated carbocycles. The molecule has 0 bridgehead atoms. The molecule has 2 rings (SSSR count). The minimum Gasteiger partial charge on any atom is -0.489 e. The molecule has 1 aromatic carbocycles. The van der Waals surface area contributed by atoms with Gasteiger partial charge in [0.1, 0.15) is 18.1 Å². The maximum atomic E-state index is 11.7. The van der Waals surface area contributed by atoms with Crippen molar-refractivity contribution in [2.24, 2.45) is 0 Å². The quantitative estimate of drug-likeness (QED) is 0.901. The zero-order chi connectivity index (χ0) is 15.3. The molecular weight excluding hydrogens is 292 g/mol. The van der Waals surface area contributed by atoms with Gasteiger partial charge in [0.15, 0.2) is 0 Å². The maximum Gasteiger partial charge on any atom is 0.283 e. The molecule has 0 radical (unpaired) electrons. The first-order valence-electron chi connectivity index (χ1n) is 6.09. The van der Waals surface area contributed by atoms with Crippen molar-refractivity contribution >= 4 is 15.9 Å². The number of hydrogen-bond donors (Lipinski definition) is 1. The van der Waals surface area contributed by atoms with E-state index in [4.69, 9.17) is 4.74 Å². The normalized spacial score (nSPS) is 10.9. The molecule has 1 aromatic heterocycles. The Morgan fingerprint density at radius 3 is 2.62 bits per heavy atom. The van der Waals surface area contributed by atoms with E-state index in [0.717, 1.165) is 11.8 Å². The van der Waals surface area contributed by atoms with Gasteiger partial charge < -0.3 is 4.74 Å². The fourth-order valence-corrected chi connectivity index (χ4v) is 2.03. The lowest BCUT2D eigenvalue weighted by Gasteiger charge is -2.07. The van der Waals surface area contributed by atoms with E-state index in [1.54, 1.807) is 6.07 Å². The highest BCUT2D eigenvalue weighted by molar-refractivity contribution is 7.89. The van der Waals surface area contributed by atoms with E-state index in [2.05, 4.69) is 4.98 Å². The van der Waals surface area contributed by atoms with Crippen LogP contribution in [0.2, 0.25) is 0 Å². The summed E-state index contributed by atoms with van der Waals surface area (Å²) in [6.45, 7) is 0.345. The molecule has 0 aliphatic carbocycles. The zero-order valence-electron chi connectivity index (χ0n) is 11.3. The van der Waals surface area contributed by atoms with E-state index in [1.165, 1.54) is 12.3 Å². The summed E-state index contributed by atoms with van der Waals surface area (Å²) in [4.78, 5) is 15.5. The van der Waals surface area contributed by atoms with E-state index < -0.39 is 15.9 Å². The third-order valence-corrected chi connectivity index (χ3v) is 3.05. The van der Waals surface area contributed by atoms with Crippen LogP contribution in [-0.4, -0.2) is 25.6 Å². The molecule has 0 fully saturated rings. The lowest BCUT2D eigenvalue weighted by molar-refractivity contribution is 0.0976. The summed E-state index contributed by atoms with van der Waals surface area (Å²) in [7, 11) is -3.62. The molecule has 0 unspecified atom stereocenters. The van der Waals surface area contributed by atoms with Crippen LogP contribution in [0.5, 0.6) is 5.75 Å². The second-order valence-corrected chi connectivity index (χ2v) is 6.10. The highest BCUT2D eigenvalue weighted by atomic mass is 32.2. The van der Waals surface area contributed by atoms with Crippen molar-refractivity contribution < 1.29 is 17.9 Å². The first-order valence-corrected chi connectivity index (χ1v) is 7.98. The van der Waals surface area contributed by atoms with Gasteiger partial charge in [0.05, 0.1) is 6.26 Å². The summed E-state index contributed by atoms with van der Waals surface area (Å²) in [5.41, 5.74) is 0.961. The monoisotopic (exact) mass is 306 g/mol. The van der Waals surface area contributed by atoms with Gasteiger partial charge in [-0.15, -0.1) is 0 Å². The minimum absolute atomic E-state index is 0.0222. The SMILES string of the molecule is CS(=O)(=O)NC(=O)c1cc(OCc2ccccc2)ccn1. The molecular formula is C14H14N2O4S. The fourth-order valence-electron chi connectivity index (χ4n) is 1.59. The Hall–Kier alpha value is -2.41. The largest absolute Gasteiger partial charge is 0.489 e. The Labute approximate surface area is 122 Å². The molecule has 1 heterocycles. The molecule has 7 heteroatoms. The number of carbonyl (C=O) groups excluding carboxylic acids is 1. The van der Waals surface area contributed by atoms with Crippen LogP contribution in [0.3, 0.4) is 0 Å². The van der Waals surface area contributed by atoms with E-state index in [1.807, 2.05) is 35.1 Å². The van der Waals surface area contributed by atoms with Crippen molar-refractivity contribution in [2.75, 3.05) is 6.26 Å². The Balaban J connectivity index is 2.06. The van der Waals surface area contributed by atoms with E-state index in [9.17, 15) is 13.2 Å². The van der Waals surface area contributed by atoms with Gasteiger partial charge in [-0.25, -0.2) is 13.1 Å². The number of rotatable bonds is 5. The van der Waals surface area contributed by atoms with Crippen molar-refractivity contribution in [3.63, 3.8) is 0 Å². The number of ether oxygens (including phenoxy) is 1. The second-order valence-electron chi connectivity index (χ2n) is 4.35. The average molecular weight is 306 g/mol. The fraction of sp³-hybridized carbons (Fsp3) is 0.143. The van der Waals surface area contributed by atoms with Crippen LogP contribution in [0, 0.1) is 0 Å². The average Bonchev–Trinajstić information content (AvgIpc) is 2.45. The topological polar surface area (TPSA) is 85.4 Å². The van der Waals surface area contributed by atoms with Gasteiger partial charge in [-0.3, -0.25) is 9.78 Å². The lowest BCUT2D eigenvalue weighted by atomic mass is 10.2. The predicted molar refractivity (Wildman–Crippen MR) is 77.3 cm³/mol. The van der Waals surface area contributed by atoms with Crippen molar-refractivity contribution in [2.45, 2.75) is 6.61 Å². The van der Waals surface area contributed by atoms with Gasteiger partial charge in [0.25, 0.3) is 5.91 Å². The van der Waals surface area contributed by atoms with Crippen LogP contribution in [0.15, 0.2) is 48.7 Å². The van der Waals surface area contributed by atoms with Crippen molar-refractivity contribution in [3.05, 3.63) is 59.9 Å². The molecule has 21 heavy (non-hydrogen) atoms. The highest BCUT2D eigenvalue weighted by Crippen LogP contribution is 2.13. The van der Waals surface area contributed by atoms with Gasteiger partial charge in [-0.05, 0) is 11.6 Å². The van der Waals surface area contributed by atoms with Gasteiger partial charge in [0, 0.05) is 12.3 Å². The van der Waals surface area contributed by atoms with Gasteiger partial charge >= 0.3 is 0 Å². The Morgan fingerprint density at radius 1 is 1.24 bits per heavy atom. The van der Waals surface area contributed by atoms with Crippen LogP contribution in [0.1, 0.15) is 16.1 Å². The summed E-state index contributed by atoms with van der Waals surface area (Å²) in [5, 5.41) is 0. The van der Waals surface area contributed by atoms with Crippen LogP contribution < -0.4 is 9.46 Å². The highest BCUT2D eigenvalue weighted by Gasteiger charge is 2.13. The standard InChI is InChI=1S/C14H14N2O4S/c1-21(18,19)16-14(17)13-9-12(7-8-15-13)20-10-11-5-3-2-4-6-11/h2-9H,10H2,1H3,(H,16,17). The van der Waals surface area contributed by atoms with Crippen LogP contribution >= 0.6 is 0 Å². The van der Waals surface area contributed by atoms with Crippen LogP contribution in [0.25, 0.3) is 0 Å². The van der Waals surface area contributed by atoms with Crippen LogP contribution in [0.4, 0.5) is 0 Å². The number of benzene rings is 1. The molecule has 0 aliphatic heterocycles. The number of carbonyl (C=O) groups is 1. The number of nitrogens with zero attached hydrogens (tertiary/aromatic N) is 1. The van der Waals surface area contributed by atoms with Crippen molar-refractivity contribution in [3.8, 4) is 5.75 Å². The van der Waals surface area contributed by atoms with Crippen molar-refractivity contribution in [1.82, 2.24) is 9.71 Å². The summed E-state index contributed by atoms with van der Waals surface area (Å²) < 4.78 is 29.4. The molecule has 1 amide bonds. The molecule has 0 aliphatic rings. The summed E-state index contributed by atoms with van der Waals surface area (Å²) in [5.74, 6) is -0.352. The van der Waals surface area contributed by atoms with E-state index in [-0.39, 0.29) is 5.69 Å². The second kappa shape index (κ2) is 6.36. The van der Waals surface area contributed by atoms with Crippen molar-refractivity contribution in [1.29, 1.82) is 0 Å². The zero-order valence-corrected chi connectivity index (χ0v) is 12.1. The number of pyridine rings is 1. The van der Waals surface area contributed by atoms with E-state index >= 15 is 0 Å². The molecule has 1 N–H and O–H groups in total. The number of amides is 1. The number of aromatic nitrogens is 1. The number of sulfonamides is 1. The maximum absolute atomic E-state index is 11.7. The van der Waals surface area contributed by atoms with Gasteiger partial charge in [-0.2, -0.15) is 0 Å². The molecule has 110 valence electrons. The van der Waals surface area contributed by atoms with Crippen LogP contribution in [-0.2, 0) is 16.6 Å². The number of hydrogen-bond acceptors (Lipinski definition) is 5. The molecule has 0 saturated heterocycles. The Kier molecular flexibility index (Phi) is 4.54. The molecule has 6 nitrogen and oxygen atoms in total. The third-order valence-electron chi connectivity index (χ3n) is 2.49. The predicted octanol–water partition coefficient (Wildman–Crippen LogP) is 1.35. The summed E-state index contributed by atoms with van der Waals surface area (Å²) in [6.07, 6.45) is 2.29. The van der Waals surface area contributed by atoms with Gasteiger partial charge in [0.2, 0.25) is 10.0 Å². The molecule has 0 spiro atoms. The lowest BCUT2D eigenvalue weighted by Crippen LogP contribution is -2.29. The molecule has 0 atom stereocenters. The van der Waals surface area contributed by atoms with Gasteiger partial charge in [-0.1, -0.05) is 30.3 Å². The Morgan fingerprint density at radius 2 is 1.95 bits per heavy atom. The number of nitrogens with one attached hydrogen (secondary N) is 1. The summed E-state index contributed by atoms with van der Waals surface area (Å²) >= 11 is 0. The first kappa shape index (κ1) is 15.0. The Bertz CT molecular complexity index is 730. The minimum atomic E-state index is -3.62. The first-order chi connectivity index (χ1) is 9.94.